The molecule has 5 heteroatoms. The van der Waals surface area contributed by atoms with E-state index in [9.17, 15) is 9.59 Å². The first-order valence-electron chi connectivity index (χ1n) is 7.00. The molecular formula is C17H15ClO4. The molecule has 1 aliphatic rings. The van der Waals surface area contributed by atoms with Crippen molar-refractivity contribution in [1.82, 2.24) is 0 Å². The highest BCUT2D eigenvalue weighted by Gasteiger charge is 2.34. The van der Waals surface area contributed by atoms with Gasteiger partial charge in [-0.3, -0.25) is 4.79 Å². The van der Waals surface area contributed by atoms with Crippen LogP contribution < -0.4 is 0 Å². The number of methoxy groups -OCH3 is 1. The Morgan fingerprint density at radius 2 is 2.14 bits per heavy atom. The summed E-state index contributed by atoms with van der Waals surface area (Å²) in [5, 5.41) is 0.640. The zero-order valence-corrected chi connectivity index (χ0v) is 13.1. The molecule has 0 fully saturated rings. The second kappa shape index (κ2) is 5.61. The van der Waals surface area contributed by atoms with E-state index in [0.717, 1.165) is 5.56 Å². The molecule has 0 radical (unpaired) electrons. The molecule has 0 spiro atoms. The number of fused-ring (bicyclic) bond motifs is 1. The highest BCUT2D eigenvalue weighted by Crippen LogP contribution is 2.37. The Bertz CT molecular complexity index is 760. The number of halogens is 1. The first-order chi connectivity index (χ1) is 10.5. The zero-order chi connectivity index (χ0) is 15.9. The minimum atomic E-state index is -0.556. The maximum atomic E-state index is 12.5. The fourth-order valence-electron chi connectivity index (χ4n) is 2.99. The van der Waals surface area contributed by atoms with E-state index in [1.807, 2.05) is 18.2 Å². The number of ketones is 1. The number of carbonyl (C=O) groups is 2. The van der Waals surface area contributed by atoms with Gasteiger partial charge in [0.1, 0.15) is 5.76 Å². The lowest BCUT2D eigenvalue weighted by Crippen LogP contribution is -2.18. The third-order valence-electron chi connectivity index (χ3n) is 4.05. The lowest BCUT2D eigenvalue weighted by Gasteiger charge is -2.21. The van der Waals surface area contributed by atoms with Crippen LogP contribution in [0.5, 0.6) is 0 Å². The van der Waals surface area contributed by atoms with Crippen molar-refractivity contribution in [1.29, 1.82) is 0 Å². The van der Waals surface area contributed by atoms with Crippen molar-refractivity contribution in [3.05, 3.63) is 57.5 Å². The maximum absolute atomic E-state index is 12.5. The lowest BCUT2D eigenvalue weighted by atomic mass is 9.82. The van der Waals surface area contributed by atoms with E-state index < -0.39 is 5.97 Å². The van der Waals surface area contributed by atoms with Gasteiger partial charge in [0.05, 0.1) is 12.7 Å². The molecule has 0 aliphatic heterocycles. The molecule has 0 saturated carbocycles. The highest BCUT2D eigenvalue weighted by atomic mass is 35.5. The molecule has 22 heavy (non-hydrogen) atoms. The fourth-order valence-corrected chi connectivity index (χ4v) is 3.19. The Morgan fingerprint density at radius 1 is 1.36 bits per heavy atom. The molecule has 1 aromatic carbocycles. The van der Waals surface area contributed by atoms with Gasteiger partial charge in [-0.2, -0.15) is 0 Å². The van der Waals surface area contributed by atoms with E-state index in [-0.39, 0.29) is 17.5 Å². The third kappa shape index (κ3) is 2.44. The van der Waals surface area contributed by atoms with E-state index in [0.29, 0.717) is 34.8 Å². The summed E-state index contributed by atoms with van der Waals surface area (Å²) < 4.78 is 10.3. The van der Waals surface area contributed by atoms with Crippen molar-refractivity contribution >= 4 is 23.4 Å². The number of ether oxygens (including phenoxy) is 1. The number of hydrogen-bond donors (Lipinski definition) is 0. The normalized spacial score (nSPS) is 17.2. The number of furan rings is 1. The van der Waals surface area contributed by atoms with Gasteiger partial charge in [-0.25, -0.2) is 4.79 Å². The molecule has 2 aromatic rings. The number of Topliss-reactive ketones (excluding diaryl/α,β-unsaturated/α-hetero) is 1. The van der Waals surface area contributed by atoms with E-state index >= 15 is 0 Å². The molecule has 0 N–H and O–H groups in total. The first-order valence-corrected chi connectivity index (χ1v) is 7.38. The summed E-state index contributed by atoms with van der Waals surface area (Å²) in [6.07, 6.45) is 0.952. The van der Waals surface area contributed by atoms with Gasteiger partial charge < -0.3 is 9.15 Å². The molecule has 3 rings (SSSR count). The fraction of sp³-hybridized carbons (Fsp3) is 0.294. The number of esters is 1. The maximum Gasteiger partial charge on any atom is 0.374 e. The Hall–Kier alpha value is -2.07. The van der Waals surface area contributed by atoms with E-state index in [4.69, 9.17) is 20.8 Å². The van der Waals surface area contributed by atoms with Crippen molar-refractivity contribution < 1.29 is 18.7 Å². The summed E-state index contributed by atoms with van der Waals surface area (Å²) in [6, 6.07) is 7.48. The minimum absolute atomic E-state index is 0.00902. The first kappa shape index (κ1) is 14.9. The van der Waals surface area contributed by atoms with Crippen LogP contribution in [-0.4, -0.2) is 18.9 Å². The van der Waals surface area contributed by atoms with E-state index in [2.05, 4.69) is 0 Å². The average molecular weight is 319 g/mol. The summed E-state index contributed by atoms with van der Waals surface area (Å²) in [4.78, 5) is 24.2. The molecule has 1 aliphatic carbocycles. The average Bonchev–Trinajstić information content (AvgIpc) is 2.84. The van der Waals surface area contributed by atoms with Gasteiger partial charge in [0.15, 0.2) is 5.78 Å². The van der Waals surface area contributed by atoms with Crippen LogP contribution in [0.3, 0.4) is 0 Å². The van der Waals surface area contributed by atoms with Crippen LogP contribution >= 0.6 is 11.6 Å². The zero-order valence-electron chi connectivity index (χ0n) is 12.3. The Morgan fingerprint density at radius 3 is 2.82 bits per heavy atom. The number of benzene rings is 1. The molecule has 0 amide bonds. The van der Waals surface area contributed by atoms with Gasteiger partial charge in [0, 0.05) is 23.4 Å². The summed E-state index contributed by atoms with van der Waals surface area (Å²) >= 11 is 6.02. The van der Waals surface area contributed by atoms with E-state index in [1.54, 1.807) is 13.0 Å². The predicted octanol–water partition coefficient (Wildman–Crippen LogP) is 3.94. The SMILES string of the molecule is COC(=O)c1oc2c(c1C)C(=O)C[C@H](c1cccc(Cl)c1)C2. The van der Waals surface area contributed by atoms with Crippen LogP contribution in [0.15, 0.2) is 28.7 Å². The Kier molecular flexibility index (Phi) is 3.79. The summed E-state index contributed by atoms with van der Waals surface area (Å²) in [7, 11) is 1.29. The highest BCUT2D eigenvalue weighted by molar-refractivity contribution is 6.30. The summed E-state index contributed by atoms with van der Waals surface area (Å²) in [5.41, 5.74) is 2.09. The molecule has 0 unspecified atom stereocenters. The molecular weight excluding hydrogens is 304 g/mol. The van der Waals surface area contributed by atoms with Crippen molar-refractivity contribution in [2.24, 2.45) is 0 Å². The van der Waals surface area contributed by atoms with Crippen molar-refractivity contribution in [2.75, 3.05) is 7.11 Å². The van der Waals surface area contributed by atoms with Gasteiger partial charge in [-0.15, -0.1) is 0 Å². The quantitative estimate of drug-likeness (QED) is 0.787. The smallest absolute Gasteiger partial charge is 0.374 e. The summed E-state index contributed by atoms with van der Waals surface area (Å²) in [5.74, 6) is 0.114. The standard InChI is InChI=1S/C17H15ClO4/c1-9-15-13(19)7-11(10-4-3-5-12(18)6-10)8-14(15)22-16(9)17(20)21-2/h3-6,11H,7-8H2,1-2H3/t11-/m0/s1. The lowest BCUT2D eigenvalue weighted by molar-refractivity contribution is 0.0561. The van der Waals surface area contributed by atoms with Gasteiger partial charge in [-0.1, -0.05) is 23.7 Å². The molecule has 0 saturated heterocycles. The predicted molar refractivity (Wildman–Crippen MR) is 81.6 cm³/mol. The number of hydrogen-bond acceptors (Lipinski definition) is 4. The third-order valence-corrected chi connectivity index (χ3v) is 4.29. The topological polar surface area (TPSA) is 56.5 Å². The largest absolute Gasteiger partial charge is 0.463 e. The monoisotopic (exact) mass is 318 g/mol. The number of rotatable bonds is 2. The van der Waals surface area contributed by atoms with Crippen LogP contribution in [0, 0.1) is 6.92 Å². The molecule has 1 atom stereocenters. The molecule has 1 aromatic heterocycles. The van der Waals surface area contributed by atoms with E-state index in [1.165, 1.54) is 7.11 Å². The van der Waals surface area contributed by atoms with Crippen LogP contribution in [0.1, 0.15) is 50.1 Å². The van der Waals surface area contributed by atoms with Crippen molar-refractivity contribution in [2.45, 2.75) is 25.7 Å². The van der Waals surface area contributed by atoms with Crippen LogP contribution in [0.25, 0.3) is 0 Å². The second-order valence-corrected chi connectivity index (χ2v) is 5.87. The second-order valence-electron chi connectivity index (χ2n) is 5.43. The van der Waals surface area contributed by atoms with Crippen LogP contribution in [-0.2, 0) is 11.2 Å². The Balaban J connectivity index is 1.99. The van der Waals surface area contributed by atoms with Crippen LogP contribution in [0.2, 0.25) is 5.02 Å². The van der Waals surface area contributed by atoms with Crippen molar-refractivity contribution in [3.63, 3.8) is 0 Å². The van der Waals surface area contributed by atoms with Gasteiger partial charge in [0.2, 0.25) is 5.76 Å². The van der Waals surface area contributed by atoms with Gasteiger partial charge >= 0.3 is 5.97 Å². The van der Waals surface area contributed by atoms with Gasteiger partial charge in [-0.05, 0) is 30.5 Å². The van der Waals surface area contributed by atoms with Crippen molar-refractivity contribution in [3.8, 4) is 0 Å². The summed E-state index contributed by atoms with van der Waals surface area (Å²) in [6.45, 7) is 1.71. The molecule has 0 bridgehead atoms. The minimum Gasteiger partial charge on any atom is -0.463 e. The molecule has 4 nitrogen and oxygen atoms in total. The van der Waals surface area contributed by atoms with Crippen LogP contribution in [0.4, 0.5) is 0 Å². The van der Waals surface area contributed by atoms with Gasteiger partial charge in [0.25, 0.3) is 0 Å². The number of carbonyl (C=O) groups excluding carboxylic acids is 2. The molecule has 114 valence electrons. The Labute approximate surface area is 133 Å². The molecule has 1 heterocycles.